The summed E-state index contributed by atoms with van der Waals surface area (Å²) < 4.78 is 5.49. The van der Waals surface area contributed by atoms with Crippen LogP contribution >= 0.6 is 0 Å². The fourth-order valence-corrected chi connectivity index (χ4v) is 1.04. The van der Waals surface area contributed by atoms with Crippen molar-refractivity contribution in [3.8, 4) is 6.07 Å². The van der Waals surface area contributed by atoms with E-state index < -0.39 is 0 Å². The van der Waals surface area contributed by atoms with Gasteiger partial charge in [0.15, 0.2) is 0 Å². The quantitative estimate of drug-likeness (QED) is 0.676. The molecule has 1 aliphatic rings. The second-order valence-corrected chi connectivity index (χ2v) is 3.67. The summed E-state index contributed by atoms with van der Waals surface area (Å²) in [6.07, 6.45) is 3.68. The van der Waals surface area contributed by atoms with Crippen LogP contribution in [0.5, 0.6) is 0 Å². The van der Waals surface area contributed by atoms with E-state index >= 15 is 0 Å². The molecule has 74 valence electrons. The predicted molar refractivity (Wildman–Crippen MR) is 51.3 cm³/mol. The van der Waals surface area contributed by atoms with Crippen LogP contribution in [-0.2, 0) is 4.74 Å². The van der Waals surface area contributed by atoms with Gasteiger partial charge in [0.25, 0.3) is 0 Å². The molecule has 1 N–H and O–H groups in total. The average Bonchev–Trinajstić information content (AvgIpc) is 2.95. The highest BCUT2D eigenvalue weighted by Crippen LogP contribution is 2.19. The number of ether oxygens (including phenoxy) is 1. The van der Waals surface area contributed by atoms with Gasteiger partial charge in [-0.15, -0.1) is 0 Å². The zero-order chi connectivity index (χ0) is 9.68. The van der Waals surface area contributed by atoms with Crippen LogP contribution in [0, 0.1) is 11.3 Å². The Kier molecular flexibility index (Phi) is 4.20. The molecule has 2 atom stereocenters. The minimum Gasteiger partial charge on any atom is -0.376 e. The molecule has 3 heteroatoms. The monoisotopic (exact) mass is 182 g/mol. The molecule has 0 aromatic rings. The van der Waals surface area contributed by atoms with Crippen LogP contribution in [0.2, 0.25) is 0 Å². The fourth-order valence-electron chi connectivity index (χ4n) is 1.04. The van der Waals surface area contributed by atoms with Crippen LogP contribution in [0.4, 0.5) is 0 Å². The first-order chi connectivity index (χ1) is 6.26. The highest BCUT2D eigenvalue weighted by Gasteiger charge is 2.24. The van der Waals surface area contributed by atoms with Crippen molar-refractivity contribution in [2.75, 3.05) is 6.61 Å². The summed E-state index contributed by atoms with van der Waals surface area (Å²) in [5, 5.41) is 12.0. The van der Waals surface area contributed by atoms with E-state index in [0.717, 1.165) is 6.42 Å². The largest absolute Gasteiger partial charge is 0.376 e. The summed E-state index contributed by atoms with van der Waals surface area (Å²) >= 11 is 0. The number of nitrogens with zero attached hydrogens (tertiary/aromatic N) is 1. The van der Waals surface area contributed by atoms with Crippen LogP contribution in [0.1, 0.15) is 33.1 Å². The minimum atomic E-state index is -0.124. The standard InChI is InChI=1S/C10H18N2O/c1-3-8(2)13-7-10(6-11)12-9-4-5-9/h8-10,12H,3-5,7H2,1-2H3. The summed E-state index contributed by atoms with van der Waals surface area (Å²) in [5.74, 6) is 0. The molecule has 0 aliphatic heterocycles. The van der Waals surface area contributed by atoms with Crippen molar-refractivity contribution in [2.45, 2.75) is 51.3 Å². The SMILES string of the molecule is CCC(C)OCC(C#N)NC1CC1. The normalized spacial score (nSPS) is 20.7. The number of rotatable bonds is 6. The zero-order valence-electron chi connectivity index (χ0n) is 8.42. The van der Waals surface area contributed by atoms with E-state index in [1.807, 2.05) is 6.92 Å². The van der Waals surface area contributed by atoms with E-state index in [-0.39, 0.29) is 12.1 Å². The molecule has 13 heavy (non-hydrogen) atoms. The predicted octanol–water partition coefficient (Wildman–Crippen LogP) is 1.45. The van der Waals surface area contributed by atoms with Crippen molar-refractivity contribution < 1.29 is 4.74 Å². The minimum absolute atomic E-state index is 0.124. The Balaban J connectivity index is 2.12. The van der Waals surface area contributed by atoms with E-state index in [2.05, 4.69) is 18.3 Å². The average molecular weight is 182 g/mol. The molecule has 1 saturated carbocycles. The highest BCUT2D eigenvalue weighted by atomic mass is 16.5. The molecule has 1 rings (SSSR count). The van der Waals surface area contributed by atoms with Gasteiger partial charge in [-0.2, -0.15) is 5.26 Å². The first kappa shape index (κ1) is 10.5. The molecule has 0 saturated heterocycles. The topological polar surface area (TPSA) is 45.0 Å². The number of nitrogens with one attached hydrogen (secondary N) is 1. The third-order valence-corrected chi connectivity index (χ3v) is 2.29. The van der Waals surface area contributed by atoms with Gasteiger partial charge in [0.05, 0.1) is 18.8 Å². The molecule has 1 aliphatic carbocycles. The molecule has 0 aromatic heterocycles. The molecule has 1 fully saturated rings. The third kappa shape index (κ3) is 4.25. The van der Waals surface area contributed by atoms with Gasteiger partial charge in [0.1, 0.15) is 6.04 Å². The molecule has 0 bridgehead atoms. The van der Waals surface area contributed by atoms with E-state index in [9.17, 15) is 0 Å². The van der Waals surface area contributed by atoms with Gasteiger partial charge < -0.3 is 4.74 Å². The van der Waals surface area contributed by atoms with Crippen molar-refractivity contribution in [3.05, 3.63) is 0 Å². The van der Waals surface area contributed by atoms with Crippen LogP contribution in [0.3, 0.4) is 0 Å². The lowest BCUT2D eigenvalue weighted by Gasteiger charge is -2.14. The maximum Gasteiger partial charge on any atom is 0.119 e. The molecule has 0 amide bonds. The Labute approximate surface area is 80.1 Å². The molecule has 0 radical (unpaired) electrons. The smallest absolute Gasteiger partial charge is 0.119 e. The molecule has 3 nitrogen and oxygen atoms in total. The Bertz CT molecular complexity index is 184. The van der Waals surface area contributed by atoms with Gasteiger partial charge in [-0.1, -0.05) is 6.92 Å². The van der Waals surface area contributed by atoms with Gasteiger partial charge in [-0.3, -0.25) is 5.32 Å². The van der Waals surface area contributed by atoms with Gasteiger partial charge in [0.2, 0.25) is 0 Å². The lowest BCUT2D eigenvalue weighted by molar-refractivity contribution is 0.0558. The van der Waals surface area contributed by atoms with E-state index in [1.165, 1.54) is 12.8 Å². The summed E-state index contributed by atoms with van der Waals surface area (Å²) in [4.78, 5) is 0. The Morgan fingerprint density at radius 3 is 2.77 bits per heavy atom. The Hall–Kier alpha value is -0.590. The van der Waals surface area contributed by atoms with Crippen molar-refractivity contribution in [2.24, 2.45) is 0 Å². The van der Waals surface area contributed by atoms with Crippen molar-refractivity contribution in [1.82, 2.24) is 5.32 Å². The summed E-state index contributed by atoms with van der Waals surface area (Å²) in [5.41, 5.74) is 0. The second-order valence-electron chi connectivity index (χ2n) is 3.67. The fraction of sp³-hybridized carbons (Fsp3) is 0.900. The van der Waals surface area contributed by atoms with E-state index in [1.54, 1.807) is 0 Å². The summed E-state index contributed by atoms with van der Waals surface area (Å²) in [6.45, 7) is 4.63. The van der Waals surface area contributed by atoms with Crippen LogP contribution in [-0.4, -0.2) is 24.8 Å². The van der Waals surface area contributed by atoms with Gasteiger partial charge in [-0.05, 0) is 26.2 Å². The van der Waals surface area contributed by atoms with Crippen molar-refractivity contribution in [3.63, 3.8) is 0 Å². The van der Waals surface area contributed by atoms with Crippen LogP contribution in [0.25, 0.3) is 0 Å². The first-order valence-electron chi connectivity index (χ1n) is 5.03. The Morgan fingerprint density at radius 2 is 2.31 bits per heavy atom. The maximum absolute atomic E-state index is 8.80. The molecular weight excluding hydrogens is 164 g/mol. The summed E-state index contributed by atoms with van der Waals surface area (Å²) in [7, 11) is 0. The van der Waals surface area contributed by atoms with Crippen LogP contribution in [0.15, 0.2) is 0 Å². The lowest BCUT2D eigenvalue weighted by atomic mass is 10.3. The van der Waals surface area contributed by atoms with Crippen molar-refractivity contribution >= 4 is 0 Å². The maximum atomic E-state index is 8.80. The number of hydrogen-bond acceptors (Lipinski definition) is 3. The molecule has 0 spiro atoms. The first-order valence-corrected chi connectivity index (χ1v) is 5.03. The van der Waals surface area contributed by atoms with Gasteiger partial charge in [0, 0.05) is 6.04 Å². The third-order valence-electron chi connectivity index (χ3n) is 2.29. The second kappa shape index (κ2) is 5.21. The molecule has 0 aromatic carbocycles. The van der Waals surface area contributed by atoms with Crippen molar-refractivity contribution in [1.29, 1.82) is 5.26 Å². The van der Waals surface area contributed by atoms with E-state index in [0.29, 0.717) is 12.6 Å². The highest BCUT2D eigenvalue weighted by molar-refractivity contribution is 4.95. The molecule has 2 unspecified atom stereocenters. The van der Waals surface area contributed by atoms with Crippen LogP contribution < -0.4 is 5.32 Å². The Morgan fingerprint density at radius 1 is 1.62 bits per heavy atom. The molecular formula is C10H18N2O. The zero-order valence-corrected chi connectivity index (χ0v) is 8.42. The molecule has 0 heterocycles. The number of nitriles is 1. The van der Waals surface area contributed by atoms with Gasteiger partial charge >= 0.3 is 0 Å². The van der Waals surface area contributed by atoms with E-state index in [4.69, 9.17) is 10.00 Å². The van der Waals surface area contributed by atoms with Gasteiger partial charge in [-0.25, -0.2) is 0 Å². The lowest BCUT2D eigenvalue weighted by Crippen LogP contribution is -2.34. The summed E-state index contributed by atoms with van der Waals surface area (Å²) in [6, 6.07) is 2.67. The number of hydrogen-bond donors (Lipinski definition) is 1.